The summed E-state index contributed by atoms with van der Waals surface area (Å²) in [6.45, 7) is 0.512. The molecule has 0 spiro atoms. The molecule has 0 saturated heterocycles. The Morgan fingerprint density at radius 1 is 1.47 bits per heavy atom. The van der Waals surface area contributed by atoms with Gasteiger partial charge in [-0.15, -0.1) is 0 Å². The molecule has 0 saturated carbocycles. The predicted octanol–water partition coefficient (Wildman–Crippen LogP) is 1.29. The van der Waals surface area contributed by atoms with E-state index in [0.717, 1.165) is 0 Å². The van der Waals surface area contributed by atoms with E-state index in [2.05, 4.69) is 0 Å². The van der Waals surface area contributed by atoms with Crippen LogP contribution in [0.15, 0.2) is 24.3 Å². The highest BCUT2D eigenvalue weighted by molar-refractivity contribution is 5.96. The van der Waals surface area contributed by atoms with Gasteiger partial charge < -0.3 is 11.5 Å². The molecule has 1 rings (SSSR count). The van der Waals surface area contributed by atoms with Gasteiger partial charge in [0.1, 0.15) is 5.82 Å². The van der Waals surface area contributed by atoms with Crippen LogP contribution < -0.4 is 11.5 Å². The van der Waals surface area contributed by atoms with Gasteiger partial charge in [-0.05, 0) is 36.7 Å². The van der Waals surface area contributed by atoms with Crippen LogP contribution in [0.2, 0.25) is 0 Å². The normalized spacial score (nSPS) is 10.8. The fourth-order valence-corrected chi connectivity index (χ4v) is 1.20. The number of carbonyl (C=O) groups is 1. The van der Waals surface area contributed by atoms with Crippen LogP contribution in [0, 0.1) is 5.82 Å². The molecule has 15 heavy (non-hydrogen) atoms. The maximum atomic E-state index is 12.9. The Hall–Kier alpha value is -1.68. The minimum absolute atomic E-state index is 0.310. The fraction of sp³-hybridized carbons (Fsp3) is 0.182. The Morgan fingerprint density at radius 3 is 2.80 bits per heavy atom. The highest BCUT2D eigenvalue weighted by Crippen LogP contribution is 2.12. The van der Waals surface area contributed by atoms with Crippen molar-refractivity contribution in [2.24, 2.45) is 11.5 Å². The van der Waals surface area contributed by atoms with Crippen molar-refractivity contribution in [3.63, 3.8) is 0 Å². The SMILES string of the molecule is NCCC=Cc1cc(F)ccc1C(N)=O. The Kier molecular flexibility index (Phi) is 4.00. The maximum Gasteiger partial charge on any atom is 0.249 e. The highest BCUT2D eigenvalue weighted by atomic mass is 19.1. The van der Waals surface area contributed by atoms with Crippen molar-refractivity contribution in [1.29, 1.82) is 0 Å². The van der Waals surface area contributed by atoms with Crippen LogP contribution in [0.3, 0.4) is 0 Å². The maximum absolute atomic E-state index is 12.9. The molecule has 80 valence electrons. The first-order valence-electron chi connectivity index (χ1n) is 4.61. The highest BCUT2D eigenvalue weighted by Gasteiger charge is 2.06. The van der Waals surface area contributed by atoms with Gasteiger partial charge in [0.15, 0.2) is 0 Å². The summed E-state index contributed by atoms with van der Waals surface area (Å²) in [6.07, 6.45) is 4.10. The van der Waals surface area contributed by atoms with Crippen LogP contribution in [0.4, 0.5) is 4.39 Å². The van der Waals surface area contributed by atoms with Gasteiger partial charge in [0.25, 0.3) is 0 Å². The topological polar surface area (TPSA) is 69.1 Å². The molecule has 0 aliphatic rings. The van der Waals surface area contributed by atoms with Gasteiger partial charge in [0.2, 0.25) is 5.91 Å². The second-order valence-electron chi connectivity index (χ2n) is 3.08. The lowest BCUT2D eigenvalue weighted by Crippen LogP contribution is -2.12. The van der Waals surface area contributed by atoms with Gasteiger partial charge in [-0.1, -0.05) is 12.2 Å². The Bertz CT molecular complexity index is 388. The average molecular weight is 208 g/mol. The van der Waals surface area contributed by atoms with E-state index in [1.54, 1.807) is 12.2 Å². The van der Waals surface area contributed by atoms with Crippen LogP contribution in [-0.2, 0) is 0 Å². The van der Waals surface area contributed by atoms with E-state index in [0.29, 0.717) is 24.1 Å². The number of hydrogen-bond acceptors (Lipinski definition) is 2. The summed E-state index contributed by atoms with van der Waals surface area (Å²) >= 11 is 0. The molecular weight excluding hydrogens is 195 g/mol. The zero-order valence-corrected chi connectivity index (χ0v) is 8.24. The quantitative estimate of drug-likeness (QED) is 0.782. The lowest BCUT2D eigenvalue weighted by atomic mass is 10.1. The lowest BCUT2D eigenvalue weighted by Gasteiger charge is -2.01. The van der Waals surface area contributed by atoms with Crippen molar-refractivity contribution in [3.8, 4) is 0 Å². The third kappa shape index (κ3) is 3.18. The van der Waals surface area contributed by atoms with Crippen molar-refractivity contribution in [3.05, 3.63) is 41.2 Å². The number of primary amides is 1. The monoisotopic (exact) mass is 208 g/mol. The molecule has 0 fully saturated rings. The van der Waals surface area contributed by atoms with E-state index in [9.17, 15) is 9.18 Å². The average Bonchev–Trinajstić information content (AvgIpc) is 2.18. The standard InChI is InChI=1S/C11H13FN2O/c12-9-4-5-10(11(14)15)8(7-9)3-1-2-6-13/h1,3-5,7H,2,6,13H2,(H2,14,15). The molecule has 0 heterocycles. The van der Waals surface area contributed by atoms with Crippen LogP contribution in [-0.4, -0.2) is 12.5 Å². The van der Waals surface area contributed by atoms with Crippen LogP contribution in [0.1, 0.15) is 22.3 Å². The van der Waals surface area contributed by atoms with Gasteiger partial charge in [-0.3, -0.25) is 4.79 Å². The van der Waals surface area contributed by atoms with Crippen molar-refractivity contribution in [2.45, 2.75) is 6.42 Å². The molecule has 0 atom stereocenters. The summed E-state index contributed by atoms with van der Waals surface area (Å²) in [6, 6.07) is 3.85. The van der Waals surface area contributed by atoms with Crippen molar-refractivity contribution in [2.75, 3.05) is 6.54 Å². The number of nitrogens with two attached hydrogens (primary N) is 2. The molecule has 1 amide bonds. The second-order valence-corrected chi connectivity index (χ2v) is 3.08. The van der Waals surface area contributed by atoms with Gasteiger partial charge in [0.05, 0.1) is 0 Å². The molecule has 3 nitrogen and oxygen atoms in total. The zero-order valence-electron chi connectivity index (χ0n) is 8.24. The van der Waals surface area contributed by atoms with Crippen molar-refractivity contribution in [1.82, 2.24) is 0 Å². The number of halogens is 1. The van der Waals surface area contributed by atoms with Crippen molar-refractivity contribution < 1.29 is 9.18 Å². The molecule has 0 unspecified atom stereocenters. The van der Waals surface area contributed by atoms with E-state index in [-0.39, 0.29) is 0 Å². The zero-order chi connectivity index (χ0) is 11.3. The summed E-state index contributed by atoms with van der Waals surface area (Å²) < 4.78 is 12.9. The third-order valence-corrected chi connectivity index (χ3v) is 1.91. The largest absolute Gasteiger partial charge is 0.366 e. The molecule has 1 aromatic carbocycles. The first-order valence-corrected chi connectivity index (χ1v) is 4.61. The summed E-state index contributed by atoms with van der Waals surface area (Å²) in [7, 11) is 0. The van der Waals surface area contributed by atoms with Gasteiger partial charge >= 0.3 is 0 Å². The van der Waals surface area contributed by atoms with E-state index < -0.39 is 11.7 Å². The predicted molar refractivity (Wildman–Crippen MR) is 57.6 cm³/mol. The fourth-order valence-electron chi connectivity index (χ4n) is 1.20. The van der Waals surface area contributed by atoms with Crippen LogP contribution in [0.5, 0.6) is 0 Å². The minimum Gasteiger partial charge on any atom is -0.366 e. The minimum atomic E-state index is -0.567. The second kappa shape index (κ2) is 5.26. The molecule has 4 N–H and O–H groups in total. The molecule has 0 radical (unpaired) electrons. The Balaban J connectivity index is 3.02. The third-order valence-electron chi connectivity index (χ3n) is 1.91. The number of hydrogen-bond donors (Lipinski definition) is 2. The number of carbonyl (C=O) groups excluding carboxylic acids is 1. The molecule has 1 aromatic rings. The molecule has 0 aliphatic heterocycles. The van der Waals surface area contributed by atoms with E-state index in [1.807, 2.05) is 0 Å². The number of amides is 1. The van der Waals surface area contributed by atoms with Gasteiger partial charge in [-0.25, -0.2) is 4.39 Å². The van der Waals surface area contributed by atoms with Crippen LogP contribution in [0.25, 0.3) is 6.08 Å². The molecule has 0 aromatic heterocycles. The summed E-state index contributed by atoms with van der Waals surface area (Å²) in [4.78, 5) is 11.0. The molecule has 4 heteroatoms. The van der Waals surface area contributed by atoms with Gasteiger partial charge in [0, 0.05) is 5.56 Å². The number of rotatable bonds is 4. The number of benzene rings is 1. The summed E-state index contributed by atoms with van der Waals surface area (Å²) in [5.41, 5.74) is 11.2. The summed E-state index contributed by atoms with van der Waals surface area (Å²) in [5, 5.41) is 0. The van der Waals surface area contributed by atoms with E-state index >= 15 is 0 Å². The molecular formula is C11H13FN2O. The van der Waals surface area contributed by atoms with E-state index in [1.165, 1.54) is 18.2 Å². The van der Waals surface area contributed by atoms with Gasteiger partial charge in [-0.2, -0.15) is 0 Å². The smallest absolute Gasteiger partial charge is 0.249 e. The lowest BCUT2D eigenvalue weighted by molar-refractivity contribution is 0.1000. The van der Waals surface area contributed by atoms with E-state index in [4.69, 9.17) is 11.5 Å². The summed E-state index contributed by atoms with van der Waals surface area (Å²) in [5.74, 6) is -0.963. The first-order chi connectivity index (χ1) is 7.15. The van der Waals surface area contributed by atoms with Crippen molar-refractivity contribution >= 4 is 12.0 Å². The Morgan fingerprint density at radius 2 is 2.20 bits per heavy atom. The molecule has 0 aliphatic carbocycles. The Labute approximate surface area is 87.6 Å². The first kappa shape index (κ1) is 11.4. The van der Waals surface area contributed by atoms with Crippen LogP contribution >= 0.6 is 0 Å². The molecule has 0 bridgehead atoms.